The standard InChI is InChI=1S/C16H17BrN2O3/c1-21-15-8-11(2-7-14(15)22-10-16(18)20)9-19-13-5-3-12(17)4-6-13/h2-8,19H,9-10H2,1H3,(H2,18,20). The molecule has 0 heterocycles. The van der Waals surface area contributed by atoms with Gasteiger partial charge < -0.3 is 20.5 Å². The lowest BCUT2D eigenvalue weighted by atomic mass is 10.2. The number of hydrogen-bond acceptors (Lipinski definition) is 4. The van der Waals surface area contributed by atoms with Crippen molar-refractivity contribution >= 4 is 27.5 Å². The fourth-order valence-corrected chi connectivity index (χ4v) is 2.13. The summed E-state index contributed by atoms with van der Waals surface area (Å²) in [5, 5.41) is 3.32. The number of anilines is 1. The Morgan fingerprint density at radius 2 is 1.91 bits per heavy atom. The molecule has 0 aliphatic rings. The van der Waals surface area contributed by atoms with Crippen LogP contribution >= 0.6 is 15.9 Å². The minimum atomic E-state index is -0.525. The number of nitrogens with two attached hydrogens (primary N) is 1. The summed E-state index contributed by atoms with van der Waals surface area (Å²) >= 11 is 3.40. The van der Waals surface area contributed by atoms with Crippen LogP contribution in [0.25, 0.3) is 0 Å². The van der Waals surface area contributed by atoms with Crippen LogP contribution in [0.3, 0.4) is 0 Å². The summed E-state index contributed by atoms with van der Waals surface area (Å²) in [4.78, 5) is 10.8. The van der Waals surface area contributed by atoms with Crippen molar-refractivity contribution in [3.63, 3.8) is 0 Å². The van der Waals surface area contributed by atoms with Crippen LogP contribution in [0.2, 0.25) is 0 Å². The van der Waals surface area contributed by atoms with Gasteiger partial charge in [0.25, 0.3) is 5.91 Å². The Labute approximate surface area is 137 Å². The van der Waals surface area contributed by atoms with Crippen molar-refractivity contribution in [3.05, 3.63) is 52.5 Å². The van der Waals surface area contributed by atoms with Crippen LogP contribution in [-0.2, 0) is 11.3 Å². The summed E-state index contributed by atoms with van der Waals surface area (Å²) in [5.41, 5.74) is 7.12. The Hall–Kier alpha value is -2.21. The normalized spacial score (nSPS) is 10.1. The van der Waals surface area contributed by atoms with Gasteiger partial charge in [0, 0.05) is 16.7 Å². The first-order valence-corrected chi connectivity index (χ1v) is 7.45. The molecule has 22 heavy (non-hydrogen) atoms. The van der Waals surface area contributed by atoms with Gasteiger partial charge >= 0.3 is 0 Å². The van der Waals surface area contributed by atoms with Crippen molar-refractivity contribution < 1.29 is 14.3 Å². The number of carbonyl (C=O) groups is 1. The maximum atomic E-state index is 10.8. The van der Waals surface area contributed by atoms with E-state index in [4.69, 9.17) is 15.2 Å². The molecule has 2 aromatic carbocycles. The van der Waals surface area contributed by atoms with E-state index in [0.717, 1.165) is 15.7 Å². The molecule has 5 nitrogen and oxygen atoms in total. The molecule has 0 aliphatic carbocycles. The lowest BCUT2D eigenvalue weighted by Gasteiger charge is -2.12. The van der Waals surface area contributed by atoms with Gasteiger partial charge in [-0.05, 0) is 42.0 Å². The van der Waals surface area contributed by atoms with Gasteiger partial charge in [-0.3, -0.25) is 4.79 Å². The van der Waals surface area contributed by atoms with E-state index >= 15 is 0 Å². The number of carbonyl (C=O) groups excluding carboxylic acids is 1. The molecule has 0 bridgehead atoms. The Kier molecular flexibility index (Phi) is 5.66. The lowest BCUT2D eigenvalue weighted by Crippen LogP contribution is -2.20. The third-order valence-electron chi connectivity index (χ3n) is 2.94. The molecule has 0 fully saturated rings. The van der Waals surface area contributed by atoms with Gasteiger partial charge in [0.2, 0.25) is 0 Å². The maximum absolute atomic E-state index is 10.8. The third kappa shape index (κ3) is 4.66. The van der Waals surface area contributed by atoms with E-state index in [2.05, 4.69) is 21.2 Å². The second kappa shape index (κ2) is 7.70. The van der Waals surface area contributed by atoms with Gasteiger partial charge in [-0.25, -0.2) is 0 Å². The molecule has 0 aliphatic heterocycles. The quantitative estimate of drug-likeness (QED) is 0.791. The summed E-state index contributed by atoms with van der Waals surface area (Å²) < 4.78 is 11.6. The average Bonchev–Trinajstić information content (AvgIpc) is 2.52. The Morgan fingerprint density at radius 1 is 1.18 bits per heavy atom. The van der Waals surface area contributed by atoms with Crippen LogP contribution in [0.5, 0.6) is 11.5 Å². The van der Waals surface area contributed by atoms with Crippen molar-refractivity contribution in [1.82, 2.24) is 0 Å². The molecular formula is C16H17BrN2O3. The van der Waals surface area contributed by atoms with Crippen LogP contribution in [0.1, 0.15) is 5.56 Å². The topological polar surface area (TPSA) is 73.6 Å². The Bertz CT molecular complexity index is 644. The second-order valence-electron chi connectivity index (χ2n) is 4.60. The molecule has 6 heteroatoms. The summed E-state index contributed by atoms with van der Waals surface area (Å²) in [6, 6.07) is 13.5. The van der Waals surface area contributed by atoms with Crippen molar-refractivity contribution in [2.45, 2.75) is 6.54 Å². The number of halogens is 1. The average molecular weight is 365 g/mol. The van der Waals surface area contributed by atoms with E-state index in [1.165, 1.54) is 0 Å². The Balaban J connectivity index is 2.02. The van der Waals surface area contributed by atoms with Gasteiger partial charge in [0.05, 0.1) is 7.11 Å². The van der Waals surface area contributed by atoms with Crippen LogP contribution in [0.4, 0.5) is 5.69 Å². The Morgan fingerprint density at radius 3 is 2.55 bits per heavy atom. The van der Waals surface area contributed by atoms with E-state index in [9.17, 15) is 4.79 Å². The van der Waals surface area contributed by atoms with Gasteiger partial charge in [-0.1, -0.05) is 22.0 Å². The smallest absolute Gasteiger partial charge is 0.255 e. The lowest BCUT2D eigenvalue weighted by molar-refractivity contribution is -0.119. The molecule has 0 saturated carbocycles. The molecule has 3 N–H and O–H groups in total. The summed E-state index contributed by atoms with van der Waals surface area (Å²) in [7, 11) is 1.55. The fourth-order valence-electron chi connectivity index (χ4n) is 1.86. The zero-order valence-electron chi connectivity index (χ0n) is 12.1. The molecule has 0 aromatic heterocycles. The minimum absolute atomic E-state index is 0.174. The van der Waals surface area contributed by atoms with Crippen LogP contribution in [-0.4, -0.2) is 19.6 Å². The first kappa shape index (κ1) is 16.2. The van der Waals surface area contributed by atoms with Crippen LogP contribution < -0.4 is 20.5 Å². The molecule has 0 atom stereocenters. The summed E-state index contributed by atoms with van der Waals surface area (Å²) in [6.45, 7) is 0.473. The van der Waals surface area contributed by atoms with Gasteiger partial charge in [-0.15, -0.1) is 0 Å². The number of nitrogens with one attached hydrogen (secondary N) is 1. The van der Waals surface area contributed by atoms with Gasteiger partial charge in [0.15, 0.2) is 18.1 Å². The molecular weight excluding hydrogens is 348 g/mol. The number of primary amides is 1. The van der Waals surface area contributed by atoms with Crippen molar-refractivity contribution in [2.24, 2.45) is 5.73 Å². The number of hydrogen-bond donors (Lipinski definition) is 2. The molecule has 0 unspecified atom stereocenters. The molecule has 0 spiro atoms. The number of benzene rings is 2. The zero-order valence-corrected chi connectivity index (χ0v) is 13.7. The highest BCUT2D eigenvalue weighted by Gasteiger charge is 2.07. The number of rotatable bonds is 7. The van der Waals surface area contributed by atoms with Crippen molar-refractivity contribution in [1.29, 1.82) is 0 Å². The van der Waals surface area contributed by atoms with E-state index in [0.29, 0.717) is 18.0 Å². The maximum Gasteiger partial charge on any atom is 0.255 e. The van der Waals surface area contributed by atoms with E-state index < -0.39 is 5.91 Å². The van der Waals surface area contributed by atoms with E-state index in [1.54, 1.807) is 13.2 Å². The second-order valence-corrected chi connectivity index (χ2v) is 5.52. The van der Waals surface area contributed by atoms with Crippen LogP contribution in [0.15, 0.2) is 46.9 Å². The zero-order chi connectivity index (χ0) is 15.9. The number of amides is 1. The molecule has 2 rings (SSSR count). The predicted molar refractivity (Wildman–Crippen MR) is 89.2 cm³/mol. The number of methoxy groups -OCH3 is 1. The summed E-state index contributed by atoms with van der Waals surface area (Å²) in [5.74, 6) is 0.535. The largest absolute Gasteiger partial charge is 0.493 e. The highest BCUT2D eigenvalue weighted by atomic mass is 79.9. The fraction of sp³-hybridized carbons (Fsp3) is 0.188. The first-order chi connectivity index (χ1) is 10.6. The van der Waals surface area contributed by atoms with E-state index in [-0.39, 0.29) is 6.61 Å². The van der Waals surface area contributed by atoms with E-state index in [1.807, 2.05) is 36.4 Å². The molecule has 1 amide bonds. The monoisotopic (exact) mass is 364 g/mol. The summed E-state index contributed by atoms with van der Waals surface area (Å²) in [6.07, 6.45) is 0. The SMILES string of the molecule is COc1cc(CNc2ccc(Br)cc2)ccc1OCC(N)=O. The molecule has 116 valence electrons. The molecule has 0 radical (unpaired) electrons. The minimum Gasteiger partial charge on any atom is -0.493 e. The number of ether oxygens (including phenoxy) is 2. The van der Waals surface area contributed by atoms with Crippen molar-refractivity contribution in [3.8, 4) is 11.5 Å². The van der Waals surface area contributed by atoms with Gasteiger partial charge in [0.1, 0.15) is 0 Å². The predicted octanol–water partition coefficient (Wildman–Crippen LogP) is 2.93. The van der Waals surface area contributed by atoms with Crippen LogP contribution in [0, 0.1) is 0 Å². The molecule has 0 saturated heterocycles. The highest BCUT2D eigenvalue weighted by molar-refractivity contribution is 9.10. The first-order valence-electron chi connectivity index (χ1n) is 6.66. The van der Waals surface area contributed by atoms with Gasteiger partial charge in [-0.2, -0.15) is 0 Å². The third-order valence-corrected chi connectivity index (χ3v) is 3.47. The molecule has 2 aromatic rings. The van der Waals surface area contributed by atoms with Crippen molar-refractivity contribution in [2.75, 3.05) is 19.0 Å². The highest BCUT2D eigenvalue weighted by Crippen LogP contribution is 2.28.